The van der Waals surface area contributed by atoms with Crippen LogP contribution in [0.3, 0.4) is 0 Å². The summed E-state index contributed by atoms with van der Waals surface area (Å²) in [5, 5.41) is 0. The Labute approximate surface area is 57.3 Å². The molecule has 0 saturated heterocycles. The van der Waals surface area contributed by atoms with Gasteiger partial charge in [-0.15, -0.1) is 0 Å². The topological polar surface area (TPSA) is 0 Å². The largest absolute Gasteiger partial charge is 0.0805 e. The van der Waals surface area contributed by atoms with Crippen LogP contribution in [0.5, 0.6) is 0 Å². The maximum Gasteiger partial charge on any atom is -0.0132 e. The normalized spacial score (nSPS) is 17.0. The first-order valence-corrected chi connectivity index (χ1v) is 3.13. The van der Waals surface area contributed by atoms with E-state index in [0.717, 1.165) is 18.8 Å². The summed E-state index contributed by atoms with van der Waals surface area (Å²) in [5.74, 6) is 1.00. The van der Waals surface area contributed by atoms with Gasteiger partial charge >= 0.3 is 0 Å². The highest BCUT2D eigenvalue weighted by atomic mass is 14.1. The lowest BCUT2D eigenvalue weighted by Crippen LogP contribution is -1.86. The minimum atomic E-state index is 0.965. The van der Waals surface area contributed by atoms with E-state index in [1.54, 1.807) is 0 Å². The Hall–Kier alpha value is -0.520. The number of hydrogen-bond donors (Lipinski definition) is 0. The fourth-order valence-electron chi connectivity index (χ4n) is 0.944. The van der Waals surface area contributed by atoms with Gasteiger partial charge in [-0.1, -0.05) is 23.8 Å². The molecule has 0 aromatic carbocycles. The van der Waals surface area contributed by atoms with Gasteiger partial charge in [0.1, 0.15) is 0 Å². The van der Waals surface area contributed by atoms with Crippen LogP contribution in [0.25, 0.3) is 0 Å². The van der Waals surface area contributed by atoms with Gasteiger partial charge in [-0.3, -0.25) is 0 Å². The van der Waals surface area contributed by atoms with Gasteiger partial charge in [0, 0.05) is 0 Å². The van der Waals surface area contributed by atoms with E-state index in [1.165, 1.54) is 5.57 Å². The van der Waals surface area contributed by atoms with Gasteiger partial charge in [0.15, 0.2) is 0 Å². The highest BCUT2D eigenvalue weighted by Crippen LogP contribution is 2.19. The van der Waals surface area contributed by atoms with Crippen molar-refractivity contribution in [3.05, 3.63) is 43.6 Å². The molecule has 0 N–H and O–H groups in total. The molecule has 3 radical (unpaired) electrons. The quantitative estimate of drug-likeness (QED) is 0.524. The summed E-state index contributed by atoms with van der Waals surface area (Å²) < 4.78 is 0. The molecular weight excluding hydrogens is 108 g/mol. The fraction of sp³-hybridized carbons (Fsp3) is 0.222. The van der Waals surface area contributed by atoms with Gasteiger partial charge in [-0.25, -0.2) is 0 Å². The lowest BCUT2D eigenvalue weighted by molar-refractivity contribution is 1.02. The minimum Gasteiger partial charge on any atom is -0.0805 e. The van der Waals surface area contributed by atoms with E-state index < -0.39 is 0 Å². The predicted octanol–water partition coefficient (Wildman–Crippen LogP) is 2.51. The van der Waals surface area contributed by atoms with Gasteiger partial charge in [0.05, 0.1) is 0 Å². The highest BCUT2D eigenvalue weighted by Gasteiger charge is 2.01. The van der Waals surface area contributed by atoms with Crippen molar-refractivity contribution in [2.24, 2.45) is 0 Å². The lowest BCUT2D eigenvalue weighted by atomic mass is 10.0. The van der Waals surface area contributed by atoms with Gasteiger partial charge < -0.3 is 0 Å². The third-order valence-electron chi connectivity index (χ3n) is 1.33. The minimum absolute atomic E-state index is 0.965. The summed E-state index contributed by atoms with van der Waals surface area (Å²) in [6.45, 7) is 7.48. The maximum atomic E-state index is 3.74. The van der Waals surface area contributed by atoms with Crippen molar-refractivity contribution in [2.75, 3.05) is 0 Å². The number of rotatable bonds is 2. The molecule has 0 aliphatic heterocycles. The summed E-state index contributed by atoms with van der Waals surface area (Å²) in [5.41, 5.74) is 1.43. The molecule has 0 amide bonds. The SMILES string of the molecule is [CH2][C]([CH2])CC1=CC=CC1. The van der Waals surface area contributed by atoms with Gasteiger partial charge in [0.25, 0.3) is 0 Å². The van der Waals surface area contributed by atoms with E-state index in [4.69, 9.17) is 0 Å². The Morgan fingerprint density at radius 3 is 2.78 bits per heavy atom. The third kappa shape index (κ3) is 2.05. The van der Waals surface area contributed by atoms with Crippen molar-refractivity contribution in [1.29, 1.82) is 0 Å². The average Bonchev–Trinajstić information content (AvgIpc) is 2.15. The summed E-state index contributed by atoms with van der Waals surface area (Å²) in [4.78, 5) is 0. The van der Waals surface area contributed by atoms with E-state index in [9.17, 15) is 0 Å². The van der Waals surface area contributed by atoms with Crippen molar-refractivity contribution in [2.45, 2.75) is 12.8 Å². The van der Waals surface area contributed by atoms with Gasteiger partial charge in [0.2, 0.25) is 0 Å². The molecule has 0 spiro atoms. The van der Waals surface area contributed by atoms with Crippen molar-refractivity contribution < 1.29 is 0 Å². The van der Waals surface area contributed by atoms with Crippen LogP contribution in [0, 0.1) is 19.8 Å². The van der Waals surface area contributed by atoms with E-state index >= 15 is 0 Å². The molecule has 47 valence electrons. The van der Waals surface area contributed by atoms with Crippen LogP contribution < -0.4 is 0 Å². The van der Waals surface area contributed by atoms with E-state index in [0.29, 0.717) is 0 Å². The lowest BCUT2D eigenvalue weighted by Gasteiger charge is -2.02. The second-order valence-electron chi connectivity index (χ2n) is 2.38. The number of allylic oxidation sites excluding steroid dienone is 4. The first-order valence-electron chi connectivity index (χ1n) is 3.13. The van der Waals surface area contributed by atoms with Crippen molar-refractivity contribution in [1.82, 2.24) is 0 Å². The van der Waals surface area contributed by atoms with Crippen LogP contribution in [0.1, 0.15) is 12.8 Å². The maximum absolute atomic E-state index is 3.74. The molecule has 1 aliphatic carbocycles. The smallest absolute Gasteiger partial charge is 0.0132 e. The van der Waals surface area contributed by atoms with Crippen LogP contribution in [-0.2, 0) is 0 Å². The zero-order chi connectivity index (χ0) is 6.69. The second-order valence-corrected chi connectivity index (χ2v) is 2.38. The predicted molar refractivity (Wildman–Crippen MR) is 40.4 cm³/mol. The Morgan fingerprint density at radius 1 is 1.56 bits per heavy atom. The molecule has 1 aliphatic rings. The molecule has 0 atom stereocenters. The van der Waals surface area contributed by atoms with Crippen LogP contribution in [-0.4, -0.2) is 0 Å². The standard InChI is InChI=1S/C9H11/c1-8(2)7-9-5-3-4-6-9/h3-5H,1-2,6-7H2. The first-order chi connectivity index (χ1) is 4.29. The fourth-order valence-corrected chi connectivity index (χ4v) is 0.944. The molecule has 0 heterocycles. The van der Waals surface area contributed by atoms with E-state index in [2.05, 4.69) is 32.1 Å². The molecule has 0 saturated carbocycles. The third-order valence-corrected chi connectivity index (χ3v) is 1.33. The van der Waals surface area contributed by atoms with Crippen molar-refractivity contribution in [3.8, 4) is 0 Å². The molecule has 0 bridgehead atoms. The summed E-state index contributed by atoms with van der Waals surface area (Å²) in [6, 6.07) is 0. The zero-order valence-electron chi connectivity index (χ0n) is 5.56. The van der Waals surface area contributed by atoms with Crippen LogP contribution in [0.2, 0.25) is 0 Å². The van der Waals surface area contributed by atoms with Crippen molar-refractivity contribution >= 4 is 0 Å². The Morgan fingerprint density at radius 2 is 2.33 bits per heavy atom. The number of hydrogen-bond acceptors (Lipinski definition) is 0. The van der Waals surface area contributed by atoms with E-state index in [1.807, 2.05) is 0 Å². The zero-order valence-corrected chi connectivity index (χ0v) is 5.56. The summed E-state index contributed by atoms with van der Waals surface area (Å²) in [7, 11) is 0. The van der Waals surface area contributed by atoms with Gasteiger partial charge in [-0.2, -0.15) is 0 Å². The average molecular weight is 119 g/mol. The molecular formula is C9H11. The highest BCUT2D eigenvalue weighted by molar-refractivity contribution is 5.26. The van der Waals surface area contributed by atoms with E-state index in [-0.39, 0.29) is 0 Å². The molecule has 0 aromatic rings. The van der Waals surface area contributed by atoms with Crippen LogP contribution >= 0.6 is 0 Å². The molecule has 0 nitrogen and oxygen atoms in total. The van der Waals surface area contributed by atoms with Gasteiger partial charge in [-0.05, 0) is 32.6 Å². The second kappa shape index (κ2) is 2.86. The Bertz CT molecular complexity index is 138. The molecule has 0 fully saturated rings. The molecule has 0 unspecified atom stereocenters. The Balaban J connectivity index is 2.30. The first kappa shape index (κ1) is 6.60. The Kier molecular flexibility index (Phi) is 2.10. The summed E-state index contributed by atoms with van der Waals surface area (Å²) in [6.07, 6.45) is 8.43. The molecule has 0 aromatic heterocycles. The van der Waals surface area contributed by atoms with Crippen molar-refractivity contribution in [3.63, 3.8) is 0 Å². The molecule has 0 heteroatoms. The monoisotopic (exact) mass is 119 g/mol. The summed E-state index contributed by atoms with van der Waals surface area (Å²) >= 11 is 0. The molecule has 1 rings (SSSR count). The van der Waals surface area contributed by atoms with Crippen LogP contribution in [0.4, 0.5) is 0 Å². The van der Waals surface area contributed by atoms with Crippen LogP contribution in [0.15, 0.2) is 23.8 Å². The molecule has 9 heavy (non-hydrogen) atoms.